The summed E-state index contributed by atoms with van der Waals surface area (Å²) in [5.74, 6) is 0.944. The minimum absolute atomic E-state index is 0. The van der Waals surface area contributed by atoms with Crippen molar-refractivity contribution in [3.8, 4) is 5.75 Å². The molecule has 1 atom stereocenters. The van der Waals surface area contributed by atoms with Crippen LogP contribution < -0.4 is 10.5 Å². The van der Waals surface area contributed by atoms with Gasteiger partial charge in [0, 0.05) is 26.1 Å². The fraction of sp³-hybridized carbons (Fsp3) is 0.500. The van der Waals surface area contributed by atoms with Gasteiger partial charge in [-0.25, -0.2) is 0 Å². The van der Waals surface area contributed by atoms with Crippen molar-refractivity contribution in [3.05, 3.63) is 29.8 Å². The smallest absolute Gasteiger partial charge is 0.222 e. The molecule has 1 rings (SSSR count). The molecule has 108 valence electrons. The zero-order valence-corrected chi connectivity index (χ0v) is 12.6. The second-order valence-electron chi connectivity index (χ2n) is 4.44. The minimum atomic E-state index is 0. The molecular formula is C14H23ClN2O2. The summed E-state index contributed by atoms with van der Waals surface area (Å²) in [6, 6.07) is 7.88. The molecule has 1 aromatic rings. The molecule has 0 fully saturated rings. The summed E-state index contributed by atoms with van der Waals surface area (Å²) in [5.41, 5.74) is 6.65. The normalized spacial score (nSPS) is 11.4. The third kappa shape index (κ3) is 5.49. The number of carbonyl (C=O) groups excluding carboxylic acids is 1. The van der Waals surface area contributed by atoms with Gasteiger partial charge in [-0.2, -0.15) is 0 Å². The highest BCUT2D eigenvalue weighted by molar-refractivity contribution is 5.85. The standard InChI is InChI=1S/C14H22N2O2.ClH/c1-11(10-15)16(2)14(17)8-7-12-5-4-6-13(9-12)18-3;/h4-6,9,11H,7-8,10,15H2,1-3H3;1H. The lowest BCUT2D eigenvalue weighted by atomic mass is 10.1. The highest BCUT2D eigenvalue weighted by Gasteiger charge is 2.13. The van der Waals surface area contributed by atoms with Crippen molar-refractivity contribution in [2.75, 3.05) is 20.7 Å². The van der Waals surface area contributed by atoms with Gasteiger partial charge in [0.1, 0.15) is 5.75 Å². The van der Waals surface area contributed by atoms with E-state index in [1.807, 2.05) is 31.2 Å². The molecule has 5 heteroatoms. The number of aryl methyl sites for hydroxylation is 1. The van der Waals surface area contributed by atoms with Crippen molar-refractivity contribution in [1.29, 1.82) is 0 Å². The average Bonchev–Trinajstić information content (AvgIpc) is 2.43. The zero-order chi connectivity index (χ0) is 13.5. The number of methoxy groups -OCH3 is 1. The second-order valence-corrected chi connectivity index (χ2v) is 4.44. The molecule has 0 saturated carbocycles. The van der Waals surface area contributed by atoms with Gasteiger partial charge in [-0.1, -0.05) is 12.1 Å². The first-order valence-electron chi connectivity index (χ1n) is 6.17. The van der Waals surface area contributed by atoms with E-state index in [2.05, 4.69) is 0 Å². The predicted molar refractivity (Wildman–Crippen MR) is 79.8 cm³/mol. The Hall–Kier alpha value is -1.26. The van der Waals surface area contributed by atoms with Gasteiger partial charge in [-0.15, -0.1) is 12.4 Å². The van der Waals surface area contributed by atoms with E-state index in [0.717, 1.165) is 17.7 Å². The zero-order valence-electron chi connectivity index (χ0n) is 11.8. The molecule has 0 aliphatic heterocycles. The maximum Gasteiger partial charge on any atom is 0.222 e. The number of likely N-dealkylation sites (N-methyl/N-ethyl adjacent to an activating group) is 1. The molecule has 2 N–H and O–H groups in total. The predicted octanol–water partition coefficient (Wildman–Crippen LogP) is 1.86. The van der Waals surface area contributed by atoms with Crippen LogP contribution >= 0.6 is 12.4 Å². The van der Waals surface area contributed by atoms with Gasteiger partial charge >= 0.3 is 0 Å². The molecule has 0 aromatic heterocycles. The number of rotatable bonds is 6. The number of halogens is 1. The Morgan fingerprint density at radius 1 is 1.47 bits per heavy atom. The van der Waals surface area contributed by atoms with Crippen molar-refractivity contribution in [2.24, 2.45) is 5.73 Å². The van der Waals surface area contributed by atoms with E-state index in [0.29, 0.717) is 13.0 Å². The van der Waals surface area contributed by atoms with Gasteiger partial charge in [-0.05, 0) is 31.0 Å². The third-order valence-corrected chi connectivity index (χ3v) is 3.16. The van der Waals surface area contributed by atoms with Gasteiger partial charge < -0.3 is 15.4 Å². The van der Waals surface area contributed by atoms with E-state index >= 15 is 0 Å². The number of amides is 1. The Labute approximate surface area is 121 Å². The largest absolute Gasteiger partial charge is 0.497 e. The van der Waals surface area contributed by atoms with Crippen LogP contribution in [0.5, 0.6) is 5.75 Å². The van der Waals surface area contributed by atoms with Gasteiger partial charge in [-0.3, -0.25) is 4.79 Å². The van der Waals surface area contributed by atoms with E-state index in [9.17, 15) is 4.79 Å². The van der Waals surface area contributed by atoms with Crippen LogP contribution in [-0.2, 0) is 11.2 Å². The van der Waals surface area contributed by atoms with Crippen LogP contribution in [0.15, 0.2) is 24.3 Å². The molecule has 0 spiro atoms. The Balaban J connectivity index is 0.00000324. The Morgan fingerprint density at radius 2 is 2.16 bits per heavy atom. The van der Waals surface area contributed by atoms with Crippen molar-refractivity contribution in [1.82, 2.24) is 4.90 Å². The van der Waals surface area contributed by atoms with Crippen LogP contribution in [0.25, 0.3) is 0 Å². The molecule has 1 unspecified atom stereocenters. The summed E-state index contributed by atoms with van der Waals surface area (Å²) in [5, 5.41) is 0. The summed E-state index contributed by atoms with van der Waals surface area (Å²) in [6.45, 7) is 2.44. The maximum absolute atomic E-state index is 11.9. The van der Waals surface area contributed by atoms with Gasteiger partial charge in [0.2, 0.25) is 5.91 Å². The lowest BCUT2D eigenvalue weighted by Gasteiger charge is -2.23. The first kappa shape index (κ1) is 17.7. The van der Waals surface area contributed by atoms with Crippen molar-refractivity contribution in [2.45, 2.75) is 25.8 Å². The number of hydrogen-bond acceptors (Lipinski definition) is 3. The number of benzene rings is 1. The first-order chi connectivity index (χ1) is 8.58. The molecule has 0 bridgehead atoms. The number of hydrogen-bond donors (Lipinski definition) is 1. The molecule has 19 heavy (non-hydrogen) atoms. The first-order valence-corrected chi connectivity index (χ1v) is 6.17. The van der Waals surface area contributed by atoms with Gasteiger partial charge in [0.15, 0.2) is 0 Å². The fourth-order valence-electron chi connectivity index (χ4n) is 1.66. The molecule has 0 heterocycles. The van der Waals surface area contributed by atoms with E-state index < -0.39 is 0 Å². The van der Waals surface area contributed by atoms with E-state index in [1.165, 1.54) is 0 Å². The molecule has 1 aromatic carbocycles. The molecular weight excluding hydrogens is 264 g/mol. The van der Waals surface area contributed by atoms with Crippen molar-refractivity contribution in [3.63, 3.8) is 0 Å². The van der Waals surface area contributed by atoms with Crippen LogP contribution in [0.1, 0.15) is 18.9 Å². The van der Waals surface area contributed by atoms with Crippen LogP contribution in [-0.4, -0.2) is 37.6 Å². The Kier molecular flexibility index (Phi) is 8.19. The number of nitrogens with two attached hydrogens (primary N) is 1. The van der Waals surface area contributed by atoms with Gasteiger partial charge in [0.25, 0.3) is 0 Å². The Morgan fingerprint density at radius 3 is 2.74 bits per heavy atom. The second kappa shape index (κ2) is 8.77. The highest BCUT2D eigenvalue weighted by Crippen LogP contribution is 2.14. The highest BCUT2D eigenvalue weighted by atomic mass is 35.5. The number of carbonyl (C=O) groups is 1. The van der Waals surface area contributed by atoms with Crippen LogP contribution in [0.4, 0.5) is 0 Å². The van der Waals surface area contributed by atoms with Crippen LogP contribution in [0.3, 0.4) is 0 Å². The van der Waals surface area contributed by atoms with E-state index in [4.69, 9.17) is 10.5 Å². The SMILES string of the molecule is COc1cccc(CCC(=O)N(C)C(C)CN)c1.Cl. The molecule has 0 saturated heterocycles. The lowest BCUT2D eigenvalue weighted by Crippen LogP contribution is -2.39. The molecule has 1 amide bonds. The monoisotopic (exact) mass is 286 g/mol. The molecule has 0 aliphatic carbocycles. The summed E-state index contributed by atoms with van der Waals surface area (Å²) < 4.78 is 5.15. The number of ether oxygens (including phenoxy) is 1. The third-order valence-electron chi connectivity index (χ3n) is 3.16. The van der Waals surface area contributed by atoms with Crippen LogP contribution in [0.2, 0.25) is 0 Å². The molecule has 0 aliphatic rings. The summed E-state index contributed by atoms with van der Waals surface area (Å²) >= 11 is 0. The summed E-state index contributed by atoms with van der Waals surface area (Å²) in [4.78, 5) is 13.6. The fourth-order valence-corrected chi connectivity index (χ4v) is 1.66. The molecule has 0 radical (unpaired) electrons. The summed E-state index contributed by atoms with van der Waals surface area (Å²) in [7, 11) is 3.44. The Bertz CT molecular complexity index is 399. The average molecular weight is 287 g/mol. The van der Waals surface area contributed by atoms with Crippen LogP contribution in [0, 0.1) is 0 Å². The quantitative estimate of drug-likeness (QED) is 0.868. The summed E-state index contributed by atoms with van der Waals surface area (Å²) in [6.07, 6.45) is 1.21. The van der Waals surface area contributed by atoms with E-state index in [-0.39, 0.29) is 24.4 Å². The minimum Gasteiger partial charge on any atom is -0.497 e. The van der Waals surface area contributed by atoms with Crippen molar-refractivity contribution < 1.29 is 9.53 Å². The topological polar surface area (TPSA) is 55.6 Å². The van der Waals surface area contributed by atoms with Gasteiger partial charge in [0.05, 0.1) is 7.11 Å². The molecule has 4 nitrogen and oxygen atoms in total. The lowest BCUT2D eigenvalue weighted by molar-refractivity contribution is -0.131. The van der Waals surface area contributed by atoms with Crippen molar-refractivity contribution >= 4 is 18.3 Å². The van der Waals surface area contributed by atoms with E-state index in [1.54, 1.807) is 19.1 Å². The number of nitrogens with zero attached hydrogens (tertiary/aromatic N) is 1. The maximum atomic E-state index is 11.9.